The summed E-state index contributed by atoms with van der Waals surface area (Å²) in [5, 5.41) is 5.01. The van der Waals surface area contributed by atoms with Crippen LogP contribution in [0.1, 0.15) is 10.6 Å². The Balaban J connectivity index is 2.42. The monoisotopic (exact) mass is 233 g/mol. The molecular formula is C7H11N3O2S2. The van der Waals surface area contributed by atoms with Gasteiger partial charge < -0.3 is 4.90 Å². The molecule has 14 heavy (non-hydrogen) atoms. The highest BCUT2D eigenvalue weighted by molar-refractivity contribution is 7.91. The van der Waals surface area contributed by atoms with Crippen molar-refractivity contribution in [2.45, 2.75) is 17.3 Å². The fraction of sp³-hybridized carbons (Fsp3) is 0.571. The Labute approximate surface area is 86.6 Å². The van der Waals surface area contributed by atoms with Crippen LogP contribution in [-0.4, -0.2) is 31.9 Å². The van der Waals surface area contributed by atoms with Gasteiger partial charge in [0.05, 0.1) is 5.69 Å². The molecule has 2 N–H and O–H groups in total. The van der Waals surface area contributed by atoms with Crippen molar-refractivity contribution < 1.29 is 8.42 Å². The third-order valence-electron chi connectivity index (χ3n) is 2.15. The summed E-state index contributed by atoms with van der Waals surface area (Å²) in [7, 11) is -1.63. The maximum atomic E-state index is 11.0. The van der Waals surface area contributed by atoms with E-state index in [4.69, 9.17) is 5.14 Å². The molecule has 0 amide bonds. The Hall–Kier alpha value is -0.500. The van der Waals surface area contributed by atoms with Crippen molar-refractivity contribution in [1.29, 1.82) is 0 Å². The highest BCUT2D eigenvalue weighted by Crippen LogP contribution is 2.26. The zero-order valence-corrected chi connectivity index (χ0v) is 9.36. The van der Waals surface area contributed by atoms with Crippen molar-refractivity contribution in [2.24, 2.45) is 5.14 Å². The molecule has 1 aliphatic heterocycles. The summed E-state index contributed by atoms with van der Waals surface area (Å²) in [6, 6.07) is 0. The number of nitrogens with zero attached hydrogens (tertiary/aromatic N) is 2. The quantitative estimate of drug-likeness (QED) is 0.727. The molecule has 7 heteroatoms. The van der Waals surface area contributed by atoms with Crippen LogP contribution in [-0.2, 0) is 23.0 Å². The number of nitrogens with two attached hydrogens (primary N) is 1. The second-order valence-corrected chi connectivity index (χ2v) is 6.20. The van der Waals surface area contributed by atoms with Gasteiger partial charge in [-0.3, -0.25) is 0 Å². The predicted molar refractivity (Wildman–Crippen MR) is 53.5 cm³/mol. The SMILES string of the molecule is CN1CCc2nc(S(N)(=O)=O)sc2C1. The predicted octanol–water partition coefficient (Wildman–Crippen LogP) is -0.222. The average Bonchev–Trinajstić information content (AvgIpc) is 2.45. The zero-order chi connectivity index (χ0) is 10.3. The first-order valence-electron chi connectivity index (χ1n) is 4.17. The minimum absolute atomic E-state index is 0.0396. The number of likely N-dealkylation sites (N-methyl/N-ethyl adjacent to an activating group) is 1. The molecule has 0 bridgehead atoms. The molecular weight excluding hydrogens is 222 g/mol. The molecule has 0 fully saturated rings. The molecule has 1 aromatic rings. The largest absolute Gasteiger partial charge is 0.301 e. The fourth-order valence-corrected chi connectivity index (χ4v) is 3.34. The number of thiazole rings is 1. The number of aromatic nitrogens is 1. The molecule has 0 unspecified atom stereocenters. The van der Waals surface area contributed by atoms with E-state index in [0.717, 1.165) is 30.1 Å². The molecule has 1 aromatic heterocycles. The second kappa shape index (κ2) is 3.27. The van der Waals surface area contributed by atoms with Gasteiger partial charge in [-0.25, -0.2) is 18.5 Å². The molecule has 0 atom stereocenters. The van der Waals surface area contributed by atoms with Gasteiger partial charge in [0, 0.05) is 24.4 Å². The normalized spacial score (nSPS) is 18.1. The van der Waals surface area contributed by atoms with Gasteiger partial charge in [0.2, 0.25) is 4.34 Å². The minimum Gasteiger partial charge on any atom is -0.301 e. The molecule has 2 rings (SSSR count). The summed E-state index contributed by atoms with van der Waals surface area (Å²) in [4.78, 5) is 7.18. The third kappa shape index (κ3) is 1.81. The van der Waals surface area contributed by atoms with Gasteiger partial charge in [-0.1, -0.05) is 0 Å². The van der Waals surface area contributed by atoms with Gasteiger partial charge in [0.1, 0.15) is 0 Å². The summed E-state index contributed by atoms with van der Waals surface area (Å²) in [6.45, 7) is 1.68. The Kier molecular flexibility index (Phi) is 2.34. The first-order chi connectivity index (χ1) is 6.47. The zero-order valence-electron chi connectivity index (χ0n) is 7.73. The minimum atomic E-state index is -3.63. The van der Waals surface area contributed by atoms with Crippen molar-refractivity contribution in [3.8, 4) is 0 Å². The maximum absolute atomic E-state index is 11.0. The van der Waals surface area contributed by atoms with Crippen LogP contribution in [0.15, 0.2) is 4.34 Å². The van der Waals surface area contributed by atoms with Crippen molar-refractivity contribution in [3.63, 3.8) is 0 Å². The lowest BCUT2D eigenvalue weighted by Crippen LogP contribution is -2.25. The van der Waals surface area contributed by atoms with Gasteiger partial charge in [-0.2, -0.15) is 0 Å². The van der Waals surface area contributed by atoms with E-state index in [0.29, 0.717) is 0 Å². The molecule has 0 spiro atoms. The lowest BCUT2D eigenvalue weighted by atomic mass is 10.2. The first kappa shape index (κ1) is 10.0. The smallest absolute Gasteiger partial charge is 0.265 e. The van der Waals surface area contributed by atoms with Crippen molar-refractivity contribution in [2.75, 3.05) is 13.6 Å². The molecule has 78 valence electrons. The molecule has 2 heterocycles. The second-order valence-electron chi connectivity index (χ2n) is 3.38. The van der Waals surface area contributed by atoms with Crippen molar-refractivity contribution in [3.05, 3.63) is 10.6 Å². The van der Waals surface area contributed by atoms with Gasteiger partial charge in [-0.15, -0.1) is 11.3 Å². The van der Waals surface area contributed by atoms with E-state index >= 15 is 0 Å². The summed E-state index contributed by atoms with van der Waals surface area (Å²) in [6.07, 6.45) is 0.803. The van der Waals surface area contributed by atoms with Gasteiger partial charge >= 0.3 is 0 Å². The Bertz CT molecular complexity index is 452. The lowest BCUT2D eigenvalue weighted by Gasteiger charge is -2.20. The van der Waals surface area contributed by atoms with Gasteiger partial charge in [0.25, 0.3) is 10.0 Å². The Morgan fingerprint density at radius 3 is 2.93 bits per heavy atom. The summed E-state index contributed by atoms with van der Waals surface area (Å²) >= 11 is 1.18. The summed E-state index contributed by atoms with van der Waals surface area (Å²) < 4.78 is 22.1. The Morgan fingerprint density at radius 2 is 2.29 bits per heavy atom. The van der Waals surface area contributed by atoms with Crippen LogP contribution < -0.4 is 5.14 Å². The molecule has 1 aliphatic rings. The van der Waals surface area contributed by atoms with Crippen LogP contribution in [0.2, 0.25) is 0 Å². The fourth-order valence-electron chi connectivity index (χ4n) is 1.42. The van der Waals surface area contributed by atoms with Crippen LogP contribution >= 0.6 is 11.3 Å². The molecule has 0 aliphatic carbocycles. The van der Waals surface area contributed by atoms with E-state index in [1.807, 2.05) is 7.05 Å². The Morgan fingerprint density at radius 1 is 1.57 bits per heavy atom. The van der Waals surface area contributed by atoms with E-state index < -0.39 is 10.0 Å². The number of rotatable bonds is 1. The summed E-state index contributed by atoms with van der Waals surface area (Å²) in [5.74, 6) is 0. The lowest BCUT2D eigenvalue weighted by molar-refractivity contribution is 0.314. The number of fused-ring (bicyclic) bond motifs is 1. The van der Waals surface area contributed by atoms with Gasteiger partial charge in [0.15, 0.2) is 0 Å². The van der Waals surface area contributed by atoms with Crippen LogP contribution in [0.4, 0.5) is 0 Å². The van der Waals surface area contributed by atoms with Crippen molar-refractivity contribution in [1.82, 2.24) is 9.88 Å². The highest BCUT2D eigenvalue weighted by atomic mass is 32.2. The van der Waals surface area contributed by atoms with Gasteiger partial charge in [-0.05, 0) is 7.05 Å². The van der Waals surface area contributed by atoms with Crippen LogP contribution in [0.3, 0.4) is 0 Å². The van der Waals surface area contributed by atoms with E-state index in [1.165, 1.54) is 11.3 Å². The number of hydrogen-bond donors (Lipinski definition) is 1. The van der Waals surface area contributed by atoms with Crippen molar-refractivity contribution >= 4 is 21.4 Å². The van der Waals surface area contributed by atoms with E-state index in [-0.39, 0.29) is 4.34 Å². The van der Waals surface area contributed by atoms with Crippen LogP contribution in [0.5, 0.6) is 0 Å². The first-order valence-corrected chi connectivity index (χ1v) is 6.53. The number of hydrogen-bond acceptors (Lipinski definition) is 5. The molecule has 0 radical (unpaired) electrons. The summed E-state index contributed by atoms with van der Waals surface area (Å²) in [5.41, 5.74) is 0.886. The standard InChI is InChI=1S/C7H11N3O2S2/c1-10-3-2-5-6(4-10)13-7(9-5)14(8,11)12/h2-4H2,1H3,(H2,8,11,12). The number of sulfonamides is 1. The van der Waals surface area contributed by atoms with E-state index in [9.17, 15) is 8.42 Å². The van der Waals surface area contributed by atoms with E-state index in [1.54, 1.807) is 0 Å². The van der Waals surface area contributed by atoms with E-state index in [2.05, 4.69) is 9.88 Å². The van der Waals surface area contributed by atoms with Crippen LogP contribution in [0, 0.1) is 0 Å². The van der Waals surface area contributed by atoms with Crippen LogP contribution in [0.25, 0.3) is 0 Å². The molecule has 0 saturated carbocycles. The maximum Gasteiger partial charge on any atom is 0.265 e. The molecule has 0 aromatic carbocycles. The molecule has 0 saturated heterocycles. The highest BCUT2D eigenvalue weighted by Gasteiger charge is 2.22. The molecule has 5 nitrogen and oxygen atoms in total. The average molecular weight is 233 g/mol. The topological polar surface area (TPSA) is 76.3 Å². The number of primary sulfonamides is 1. The third-order valence-corrected chi connectivity index (χ3v) is 4.55.